The summed E-state index contributed by atoms with van der Waals surface area (Å²) in [4.78, 5) is 34.4. The standard InChI is InChI=1S/C37H69NO6/c1-5-6-7-8-9-10-11-12-13-14-15-16-17-18-19-20-21-22-23-24-28-38(29-25-32(2)35(39)40,30-26-33(3)36(41)42)31-27-34(4)37(43)44/h9-10,32-34H,5-8,11-31H2,1-4H3,(H2-,39,40,41,42,43,44)/b10-9+. The maximum atomic E-state index is 11.5. The van der Waals surface area contributed by atoms with Crippen molar-refractivity contribution < 1.29 is 34.2 Å². The zero-order chi connectivity index (χ0) is 33.1. The lowest BCUT2D eigenvalue weighted by Gasteiger charge is -2.41. The molecule has 0 aromatic rings. The number of hydrogen-bond donors (Lipinski definition) is 2. The van der Waals surface area contributed by atoms with Gasteiger partial charge in [0.05, 0.1) is 38.0 Å². The summed E-state index contributed by atoms with van der Waals surface area (Å²) in [5.41, 5.74) is 0. The van der Waals surface area contributed by atoms with Crippen LogP contribution in [0.15, 0.2) is 12.2 Å². The van der Waals surface area contributed by atoms with Gasteiger partial charge in [-0.1, -0.05) is 117 Å². The van der Waals surface area contributed by atoms with Crippen LogP contribution < -0.4 is 5.11 Å². The molecule has 0 radical (unpaired) electrons. The van der Waals surface area contributed by atoms with Gasteiger partial charge in [-0.25, -0.2) is 0 Å². The molecule has 0 aliphatic heterocycles. The Morgan fingerprint density at radius 2 is 0.886 bits per heavy atom. The SMILES string of the molecule is CCCCC/C=C/CCCCCCCCCCCCCCC[N+](CCC(C)C(=O)[O-])(CCC(C)C(=O)O)CCC(C)C(=O)O. The van der Waals surface area contributed by atoms with Gasteiger partial charge in [-0.3, -0.25) is 9.59 Å². The van der Waals surface area contributed by atoms with Crippen molar-refractivity contribution in [1.82, 2.24) is 0 Å². The lowest BCUT2D eigenvalue weighted by Crippen LogP contribution is -2.52. The first-order valence-electron chi connectivity index (χ1n) is 18.2. The van der Waals surface area contributed by atoms with Crippen LogP contribution >= 0.6 is 0 Å². The Morgan fingerprint density at radius 1 is 0.545 bits per heavy atom. The summed E-state index contributed by atoms with van der Waals surface area (Å²) >= 11 is 0. The number of unbranched alkanes of at least 4 members (excludes halogenated alkanes) is 16. The average Bonchev–Trinajstić information content (AvgIpc) is 2.99. The topological polar surface area (TPSA) is 115 Å². The van der Waals surface area contributed by atoms with Gasteiger partial charge in [-0.2, -0.15) is 0 Å². The predicted octanol–water partition coefficient (Wildman–Crippen LogP) is 8.40. The smallest absolute Gasteiger partial charge is 0.306 e. The van der Waals surface area contributed by atoms with Gasteiger partial charge < -0.3 is 24.6 Å². The Balaban J connectivity index is 4.38. The number of carboxylic acid groups (broad SMARTS) is 3. The predicted molar refractivity (Wildman–Crippen MR) is 179 cm³/mol. The molecule has 7 heteroatoms. The minimum atomic E-state index is -1.07. The zero-order valence-corrected chi connectivity index (χ0v) is 29.0. The highest BCUT2D eigenvalue weighted by Gasteiger charge is 2.30. The zero-order valence-electron chi connectivity index (χ0n) is 29.0. The number of carbonyl (C=O) groups is 3. The first-order chi connectivity index (χ1) is 21.0. The molecule has 0 saturated carbocycles. The third-order valence-electron chi connectivity index (χ3n) is 9.50. The van der Waals surface area contributed by atoms with Gasteiger partial charge in [0, 0.05) is 31.1 Å². The van der Waals surface area contributed by atoms with Crippen molar-refractivity contribution in [2.75, 3.05) is 26.2 Å². The van der Waals surface area contributed by atoms with Gasteiger partial charge in [0.2, 0.25) is 0 Å². The van der Waals surface area contributed by atoms with Gasteiger partial charge in [-0.05, 0) is 38.5 Å². The van der Waals surface area contributed by atoms with Crippen molar-refractivity contribution in [3.05, 3.63) is 12.2 Å². The molecule has 0 fully saturated rings. The van der Waals surface area contributed by atoms with E-state index in [1.54, 1.807) is 20.8 Å². The molecule has 0 aliphatic carbocycles. The van der Waals surface area contributed by atoms with Crippen LogP contribution in [0.25, 0.3) is 0 Å². The molecule has 0 aliphatic rings. The van der Waals surface area contributed by atoms with Gasteiger partial charge in [0.1, 0.15) is 0 Å². The molecule has 0 aromatic heterocycles. The molecular weight excluding hydrogens is 554 g/mol. The number of aliphatic carboxylic acids is 3. The molecule has 0 spiro atoms. The van der Waals surface area contributed by atoms with Crippen LogP contribution in [0.1, 0.15) is 163 Å². The van der Waals surface area contributed by atoms with Crippen LogP contribution in [-0.2, 0) is 14.4 Å². The molecule has 0 amide bonds. The number of quaternary nitrogens is 1. The molecule has 0 heterocycles. The fourth-order valence-electron chi connectivity index (χ4n) is 5.84. The molecule has 0 bridgehead atoms. The lowest BCUT2D eigenvalue weighted by atomic mass is 10.0. The molecule has 3 unspecified atom stereocenters. The van der Waals surface area contributed by atoms with E-state index in [1.807, 2.05) is 0 Å². The van der Waals surface area contributed by atoms with E-state index in [9.17, 15) is 29.7 Å². The first-order valence-corrected chi connectivity index (χ1v) is 18.2. The van der Waals surface area contributed by atoms with E-state index in [2.05, 4.69) is 19.1 Å². The Labute approximate surface area is 270 Å². The second kappa shape index (κ2) is 27.4. The summed E-state index contributed by atoms with van der Waals surface area (Å²) in [6.45, 7) is 9.98. The normalized spacial score (nSPS) is 15.2. The Kier molecular flexibility index (Phi) is 26.2. The van der Waals surface area contributed by atoms with E-state index in [0.29, 0.717) is 43.4 Å². The van der Waals surface area contributed by atoms with E-state index >= 15 is 0 Å². The van der Waals surface area contributed by atoms with Gasteiger partial charge in [0.15, 0.2) is 0 Å². The molecule has 258 valence electrons. The van der Waals surface area contributed by atoms with Crippen molar-refractivity contribution in [3.8, 4) is 0 Å². The van der Waals surface area contributed by atoms with Crippen LogP contribution in [0.5, 0.6) is 0 Å². The second-order valence-electron chi connectivity index (χ2n) is 13.7. The fourth-order valence-corrected chi connectivity index (χ4v) is 5.84. The van der Waals surface area contributed by atoms with E-state index in [1.165, 1.54) is 103 Å². The monoisotopic (exact) mass is 624 g/mol. The molecule has 7 nitrogen and oxygen atoms in total. The minimum absolute atomic E-state index is 0.446. The van der Waals surface area contributed by atoms with Crippen molar-refractivity contribution in [2.45, 2.75) is 163 Å². The summed E-state index contributed by atoms with van der Waals surface area (Å²) in [7, 11) is 0. The molecular formula is C37H69NO6. The summed E-state index contributed by atoms with van der Waals surface area (Å²) in [5, 5.41) is 30.3. The Morgan fingerprint density at radius 3 is 1.25 bits per heavy atom. The second-order valence-corrected chi connectivity index (χ2v) is 13.7. The molecule has 0 saturated heterocycles. The molecule has 2 N–H and O–H groups in total. The van der Waals surface area contributed by atoms with Crippen molar-refractivity contribution in [3.63, 3.8) is 0 Å². The highest BCUT2D eigenvalue weighted by Crippen LogP contribution is 2.22. The third-order valence-corrected chi connectivity index (χ3v) is 9.50. The molecule has 3 atom stereocenters. The number of hydrogen-bond acceptors (Lipinski definition) is 4. The quantitative estimate of drug-likeness (QED) is 0.0442. The average molecular weight is 624 g/mol. The largest absolute Gasteiger partial charge is 0.550 e. The minimum Gasteiger partial charge on any atom is -0.550 e. The lowest BCUT2D eigenvalue weighted by molar-refractivity contribution is -0.929. The number of carboxylic acids is 3. The molecule has 0 rings (SSSR count). The Bertz CT molecular complexity index is 707. The van der Waals surface area contributed by atoms with Crippen LogP contribution in [0.2, 0.25) is 0 Å². The van der Waals surface area contributed by atoms with Gasteiger partial charge in [0.25, 0.3) is 0 Å². The number of allylic oxidation sites excluding steroid dienone is 2. The summed E-state index contributed by atoms with van der Waals surface area (Å²) < 4.78 is 0.586. The molecule has 44 heavy (non-hydrogen) atoms. The van der Waals surface area contributed by atoms with E-state index < -0.39 is 35.7 Å². The number of carbonyl (C=O) groups excluding carboxylic acids is 1. The van der Waals surface area contributed by atoms with E-state index in [0.717, 1.165) is 19.4 Å². The van der Waals surface area contributed by atoms with E-state index in [4.69, 9.17) is 0 Å². The summed E-state index contributed by atoms with van der Waals surface area (Å²) in [5.74, 6) is -4.31. The van der Waals surface area contributed by atoms with Gasteiger partial charge in [-0.15, -0.1) is 0 Å². The van der Waals surface area contributed by atoms with Crippen molar-refractivity contribution in [2.24, 2.45) is 17.8 Å². The third kappa shape index (κ3) is 23.5. The van der Waals surface area contributed by atoms with E-state index in [-0.39, 0.29) is 0 Å². The highest BCUT2D eigenvalue weighted by molar-refractivity contribution is 5.69. The number of nitrogens with zero attached hydrogens (tertiary/aromatic N) is 1. The first kappa shape index (κ1) is 42.1. The van der Waals surface area contributed by atoms with Crippen LogP contribution in [0, 0.1) is 17.8 Å². The van der Waals surface area contributed by atoms with Gasteiger partial charge >= 0.3 is 11.9 Å². The maximum Gasteiger partial charge on any atom is 0.306 e. The van der Waals surface area contributed by atoms with Crippen LogP contribution in [-0.4, -0.2) is 58.8 Å². The molecule has 0 aromatic carbocycles. The fraction of sp³-hybridized carbons (Fsp3) is 0.865. The highest BCUT2D eigenvalue weighted by atomic mass is 16.4. The van der Waals surface area contributed by atoms with Crippen molar-refractivity contribution >= 4 is 17.9 Å². The Hall–Kier alpha value is -1.89. The summed E-state index contributed by atoms with van der Waals surface area (Å²) in [6.07, 6.45) is 29.1. The summed E-state index contributed by atoms with van der Waals surface area (Å²) in [6, 6.07) is 0. The maximum absolute atomic E-state index is 11.5. The van der Waals surface area contributed by atoms with Crippen LogP contribution in [0.3, 0.4) is 0 Å². The van der Waals surface area contributed by atoms with Crippen LogP contribution in [0.4, 0.5) is 0 Å². The number of rotatable bonds is 32. The van der Waals surface area contributed by atoms with Crippen molar-refractivity contribution in [1.29, 1.82) is 0 Å².